The van der Waals surface area contributed by atoms with Gasteiger partial charge < -0.3 is 10.1 Å². The molecule has 1 fully saturated rings. The van der Waals surface area contributed by atoms with E-state index >= 15 is 0 Å². The van der Waals surface area contributed by atoms with Crippen molar-refractivity contribution in [2.45, 2.75) is 24.2 Å². The first-order valence-electron chi connectivity index (χ1n) is 7.43. The summed E-state index contributed by atoms with van der Waals surface area (Å²) in [5.74, 6) is 0.701. The third kappa shape index (κ3) is 5.74. The molecule has 1 saturated carbocycles. The van der Waals surface area contributed by atoms with Crippen molar-refractivity contribution in [2.24, 2.45) is 5.92 Å². The minimum absolute atomic E-state index is 0.304. The molecule has 2 rings (SSSR count). The molecule has 1 aliphatic rings. The van der Waals surface area contributed by atoms with Gasteiger partial charge in [-0.2, -0.15) is 0 Å². The lowest BCUT2D eigenvalue weighted by molar-refractivity contribution is 0.129. The molecule has 0 spiro atoms. The number of rotatable bonds is 10. The van der Waals surface area contributed by atoms with Crippen LogP contribution in [0, 0.1) is 5.92 Å². The molecule has 5 nitrogen and oxygen atoms in total. The second-order valence-electron chi connectivity index (χ2n) is 5.41. The molecule has 0 atom stereocenters. The molecule has 0 aromatic heterocycles. The fourth-order valence-corrected chi connectivity index (χ4v) is 2.98. The molecule has 118 valence electrons. The standard InChI is InChI=1S/C15H24N2O3S/c1-16-9-8-13-4-6-15(7-5-13)21(18,19)17-10-11-20-12-14-2-3-14/h4-7,14,16-17H,2-3,8-12H2,1H3. The van der Waals surface area contributed by atoms with Crippen molar-refractivity contribution in [3.63, 3.8) is 0 Å². The van der Waals surface area contributed by atoms with Crippen LogP contribution in [0.3, 0.4) is 0 Å². The van der Waals surface area contributed by atoms with E-state index in [1.54, 1.807) is 12.1 Å². The van der Waals surface area contributed by atoms with E-state index in [2.05, 4.69) is 10.0 Å². The summed E-state index contributed by atoms with van der Waals surface area (Å²) in [6.07, 6.45) is 3.37. The van der Waals surface area contributed by atoms with Crippen LogP contribution in [-0.4, -0.2) is 41.8 Å². The van der Waals surface area contributed by atoms with Crippen molar-refractivity contribution < 1.29 is 13.2 Å². The number of ether oxygens (including phenoxy) is 1. The summed E-state index contributed by atoms with van der Waals surface area (Å²) < 4.78 is 32.2. The van der Waals surface area contributed by atoms with Crippen molar-refractivity contribution in [3.8, 4) is 0 Å². The van der Waals surface area contributed by atoms with Crippen LogP contribution in [0.5, 0.6) is 0 Å². The average Bonchev–Trinajstić information content (AvgIpc) is 3.29. The number of sulfonamides is 1. The van der Waals surface area contributed by atoms with E-state index in [1.807, 2.05) is 19.2 Å². The van der Waals surface area contributed by atoms with Gasteiger partial charge in [-0.25, -0.2) is 13.1 Å². The monoisotopic (exact) mass is 312 g/mol. The summed E-state index contributed by atoms with van der Waals surface area (Å²) in [5, 5.41) is 3.07. The van der Waals surface area contributed by atoms with E-state index in [4.69, 9.17) is 4.74 Å². The summed E-state index contributed by atoms with van der Waals surface area (Å²) in [6.45, 7) is 2.37. The van der Waals surface area contributed by atoms with Gasteiger partial charge in [0.1, 0.15) is 0 Å². The van der Waals surface area contributed by atoms with Crippen molar-refractivity contribution in [1.29, 1.82) is 0 Å². The van der Waals surface area contributed by atoms with Crippen molar-refractivity contribution >= 4 is 10.0 Å². The molecular weight excluding hydrogens is 288 g/mol. The van der Waals surface area contributed by atoms with Gasteiger partial charge in [0.05, 0.1) is 11.5 Å². The van der Waals surface area contributed by atoms with Gasteiger partial charge in [-0.3, -0.25) is 0 Å². The van der Waals surface area contributed by atoms with Gasteiger partial charge in [0.25, 0.3) is 0 Å². The van der Waals surface area contributed by atoms with Crippen LogP contribution >= 0.6 is 0 Å². The van der Waals surface area contributed by atoms with Gasteiger partial charge in [0.2, 0.25) is 10.0 Å². The van der Waals surface area contributed by atoms with Crippen LogP contribution in [0.1, 0.15) is 18.4 Å². The zero-order chi connectivity index (χ0) is 15.1. The van der Waals surface area contributed by atoms with E-state index in [0.29, 0.717) is 24.0 Å². The largest absolute Gasteiger partial charge is 0.380 e. The second-order valence-corrected chi connectivity index (χ2v) is 7.18. The minimum Gasteiger partial charge on any atom is -0.380 e. The van der Waals surface area contributed by atoms with Gasteiger partial charge in [-0.1, -0.05) is 12.1 Å². The predicted molar refractivity (Wildman–Crippen MR) is 82.8 cm³/mol. The molecule has 0 amide bonds. The van der Waals surface area contributed by atoms with Crippen molar-refractivity contribution in [1.82, 2.24) is 10.0 Å². The number of likely N-dealkylation sites (N-methyl/N-ethyl adjacent to an activating group) is 1. The highest BCUT2D eigenvalue weighted by Crippen LogP contribution is 2.28. The van der Waals surface area contributed by atoms with Gasteiger partial charge in [-0.05, 0) is 56.5 Å². The lowest BCUT2D eigenvalue weighted by Gasteiger charge is -2.08. The van der Waals surface area contributed by atoms with Crippen LogP contribution in [0.25, 0.3) is 0 Å². The van der Waals surface area contributed by atoms with Gasteiger partial charge >= 0.3 is 0 Å². The van der Waals surface area contributed by atoms with Crippen LogP contribution in [0.15, 0.2) is 29.2 Å². The molecule has 1 aliphatic carbocycles. The summed E-state index contributed by atoms with van der Waals surface area (Å²) in [7, 11) is -1.53. The first-order chi connectivity index (χ1) is 10.1. The van der Waals surface area contributed by atoms with Crippen molar-refractivity contribution in [3.05, 3.63) is 29.8 Å². The molecule has 0 heterocycles. The number of hydrogen-bond donors (Lipinski definition) is 2. The third-order valence-electron chi connectivity index (χ3n) is 3.49. The molecule has 1 aromatic carbocycles. The molecule has 6 heteroatoms. The van der Waals surface area contributed by atoms with E-state index < -0.39 is 10.0 Å². The van der Waals surface area contributed by atoms with E-state index in [9.17, 15) is 8.42 Å². The highest BCUT2D eigenvalue weighted by molar-refractivity contribution is 7.89. The average molecular weight is 312 g/mol. The Bertz CT molecular complexity index is 524. The number of nitrogens with one attached hydrogen (secondary N) is 2. The Kier molecular flexibility index (Phi) is 6.17. The molecule has 0 aliphatic heterocycles. The van der Waals surface area contributed by atoms with Crippen LogP contribution in [0.4, 0.5) is 0 Å². The lowest BCUT2D eigenvalue weighted by atomic mass is 10.1. The summed E-state index contributed by atoms with van der Waals surface area (Å²) in [4.78, 5) is 0.304. The highest BCUT2D eigenvalue weighted by atomic mass is 32.2. The lowest BCUT2D eigenvalue weighted by Crippen LogP contribution is -2.27. The second kappa shape index (κ2) is 7.89. The Balaban J connectivity index is 1.77. The Morgan fingerprint density at radius 3 is 2.52 bits per heavy atom. The Hall–Kier alpha value is -0.950. The number of benzene rings is 1. The van der Waals surface area contributed by atoms with Gasteiger partial charge in [0, 0.05) is 13.2 Å². The maximum absolute atomic E-state index is 12.1. The zero-order valence-electron chi connectivity index (χ0n) is 12.5. The summed E-state index contributed by atoms with van der Waals surface area (Å²) in [5.41, 5.74) is 1.12. The fraction of sp³-hybridized carbons (Fsp3) is 0.600. The molecule has 1 aromatic rings. The summed E-state index contributed by atoms with van der Waals surface area (Å²) in [6, 6.07) is 7.02. The van der Waals surface area contributed by atoms with Gasteiger partial charge in [-0.15, -0.1) is 0 Å². The first kappa shape index (κ1) is 16.4. The van der Waals surface area contributed by atoms with Crippen LogP contribution in [0.2, 0.25) is 0 Å². The van der Waals surface area contributed by atoms with E-state index in [1.165, 1.54) is 12.8 Å². The van der Waals surface area contributed by atoms with Crippen molar-refractivity contribution in [2.75, 3.05) is 33.4 Å². The van der Waals surface area contributed by atoms with Crippen LogP contribution < -0.4 is 10.0 Å². The fourth-order valence-electron chi connectivity index (χ4n) is 1.97. The predicted octanol–water partition coefficient (Wildman–Crippen LogP) is 1.15. The normalized spacial score (nSPS) is 15.3. The maximum atomic E-state index is 12.1. The quantitative estimate of drug-likeness (QED) is 0.636. The molecule has 0 unspecified atom stereocenters. The SMILES string of the molecule is CNCCc1ccc(S(=O)(=O)NCCOCC2CC2)cc1. The molecular formula is C15H24N2O3S. The topological polar surface area (TPSA) is 67.4 Å². The van der Waals surface area contributed by atoms with Gasteiger partial charge in [0.15, 0.2) is 0 Å². The molecule has 0 radical (unpaired) electrons. The molecule has 0 saturated heterocycles. The molecule has 21 heavy (non-hydrogen) atoms. The first-order valence-corrected chi connectivity index (χ1v) is 8.91. The smallest absolute Gasteiger partial charge is 0.240 e. The van der Waals surface area contributed by atoms with E-state index in [0.717, 1.165) is 25.1 Å². The molecule has 0 bridgehead atoms. The highest BCUT2D eigenvalue weighted by Gasteiger charge is 2.21. The zero-order valence-corrected chi connectivity index (χ0v) is 13.3. The molecule has 2 N–H and O–H groups in total. The van der Waals surface area contributed by atoms with E-state index in [-0.39, 0.29) is 0 Å². The van der Waals surface area contributed by atoms with Crippen LogP contribution in [-0.2, 0) is 21.2 Å². The summed E-state index contributed by atoms with van der Waals surface area (Å²) >= 11 is 0. The number of hydrogen-bond acceptors (Lipinski definition) is 4. The minimum atomic E-state index is -3.43. The Morgan fingerprint density at radius 2 is 1.90 bits per heavy atom. The maximum Gasteiger partial charge on any atom is 0.240 e. The third-order valence-corrected chi connectivity index (χ3v) is 4.96. The Morgan fingerprint density at radius 1 is 1.19 bits per heavy atom. The Labute approximate surface area is 127 Å².